The third-order valence-electron chi connectivity index (χ3n) is 3.51. The standard InChI is InChI=1S/C14H16FN3O2S/c15-11-5-3-10(4-6-11)13-16-18(14(21)20-13)9-17-7-1-2-12(19)8-17/h3-6,12,19H,1-2,7-9H2/t12-/m0/s1. The summed E-state index contributed by atoms with van der Waals surface area (Å²) in [4.78, 5) is 2.36. The molecule has 0 unspecified atom stereocenters. The Morgan fingerprint density at radius 3 is 2.86 bits per heavy atom. The molecule has 3 rings (SSSR count). The van der Waals surface area contributed by atoms with Gasteiger partial charge < -0.3 is 9.52 Å². The molecule has 0 amide bonds. The second-order valence-electron chi connectivity index (χ2n) is 5.19. The van der Waals surface area contributed by atoms with Gasteiger partial charge in [-0.1, -0.05) is 0 Å². The van der Waals surface area contributed by atoms with Crippen LogP contribution < -0.4 is 0 Å². The van der Waals surface area contributed by atoms with Gasteiger partial charge >= 0.3 is 0 Å². The summed E-state index contributed by atoms with van der Waals surface area (Å²) in [6, 6.07) is 5.91. The summed E-state index contributed by atoms with van der Waals surface area (Å²) in [6.07, 6.45) is 1.50. The zero-order chi connectivity index (χ0) is 14.8. The Morgan fingerprint density at radius 2 is 2.14 bits per heavy atom. The molecule has 1 N–H and O–H groups in total. The Hall–Kier alpha value is -1.57. The van der Waals surface area contributed by atoms with Crippen LogP contribution in [-0.2, 0) is 6.67 Å². The molecule has 1 saturated heterocycles. The van der Waals surface area contributed by atoms with Crippen molar-refractivity contribution in [2.24, 2.45) is 0 Å². The molecule has 21 heavy (non-hydrogen) atoms. The van der Waals surface area contributed by atoms with E-state index >= 15 is 0 Å². The molecule has 5 nitrogen and oxygen atoms in total. The van der Waals surface area contributed by atoms with Crippen LogP contribution in [0.1, 0.15) is 12.8 Å². The summed E-state index contributed by atoms with van der Waals surface area (Å²) in [7, 11) is 0. The number of nitrogens with zero attached hydrogens (tertiary/aromatic N) is 3. The van der Waals surface area contributed by atoms with Crippen LogP contribution in [0.25, 0.3) is 11.5 Å². The molecule has 2 aromatic rings. The number of β-amino-alcohol motifs (C(OH)–C–C–N with tert-alkyl or cyclic N) is 1. The maximum Gasteiger partial charge on any atom is 0.288 e. The van der Waals surface area contributed by atoms with Crippen molar-refractivity contribution in [1.82, 2.24) is 14.7 Å². The summed E-state index contributed by atoms with van der Waals surface area (Å²) < 4.78 is 20.0. The van der Waals surface area contributed by atoms with E-state index < -0.39 is 0 Å². The number of hydrogen-bond acceptors (Lipinski definition) is 5. The van der Waals surface area contributed by atoms with Gasteiger partial charge in [0, 0.05) is 18.7 Å². The number of aliphatic hydroxyl groups is 1. The van der Waals surface area contributed by atoms with Gasteiger partial charge in [0.25, 0.3) is 4.84 Å². The van der Waals surface area contributed by atoms with Gasteiger partial charge in [0.2, 0.25) is 5.89 Å². The second-order valence-corrected chi connectivity index (χ2v) is 5.54. The first-order valence-electron chi connectivity index (χ1n) is 6.86. The SMILES string of the molecule is O[C@H]1CCCN(Cn2nc(-c3ccc(F)cc3)oc2=S)C1. The highest BCUT2D eigenvalue weighted by Gasteiger charge is 2.19. The molecule has 1 atom stereocenters. The van der Waals surface area contributed by atoms with Gasteiger partial charge in [-0.15, -0.1) is 5.10 Å². The monoisotopic (exact) mass is 309 g/mol. The molecular weight excluding hydrogens is 293 g/mol. The minimum absolute atomic E-state index is 0.273. The second kappa shape index (κ2) is 6.05. The summed E-state index contributed by atoms with van der Waals surface area (Å²) in [5.74, 6) is 0.0663. The summed E-state index contributed by atoms with van der Waals surface area (Å²) in [5, 5.41) is 14.0. The molecule has 0 radical (unpaired) electrons. The van der Waals surface area contributed by atoms with Crippen molar-refractivity contribution < 1.29 is 13.9 Å². The summed E-state index contributed by atoms with van der Waals surface area (Å²) in [6.45, 7) is 2.00. The molecule has 2 heterocycles. The molecular formula is C14H16FN3O2S. The van der Waals surface area contributed by atoms with Crippen LogP contribution in [-0.4, -0.2) is 39.0 Å². The lowest BCUT2D eigenvalue weighted by Gasteiger charge is -2.29. The molecule has 1 aliphatic heterocycles. The van der Waals surface area contributed by atoms with Crippen molar-refractivity contribution >= 4 is 12.2 Å². The van der Waals surface area contributed by atoms with Crippen molar-refractivity contribution in [2.45, 2.75) is 25.6 Å². The maximum atomic E-state index is 12.9. The lowest BCUT2D eigenvalue weighted by atomic mass is 10.1. The van der Waals surface area contributed by atoms with Gasteiger partial charge in [0.05, 0.1) is 12.8 Å². The van der Waals surface area contributed by atoms with E-state index in [0.29, 0.717) is 24.7 Å². The number of rotatable bonds is 3. The molecule has 0 saturated carbocycles. The molecule has 0 spiro atoms. The van der Waals surface area contributed by atoms with E-state index in [-0.39, 0.29) is 16.8 Å². The van der Waals surface area contributed by atoms with Crippen LogP contribution >= 0.6 is 12.2 Å². The van der Waals surface area contributed by atoms with Crippen LogP contribution in [0.3, 0.4) is 0 Å². The van der Waals surface area contributed by atoms with E-state index in [4.69, 9.17) is 16.6 Å². The number of aromatic nitrogens is 2. The molecule has 1 fully saturated rings. The fraction of sp³-hybridized carbons (Fsp3) is 0.429. The Bertz CT molecular complexity index is 668. The molecule has 0 bridgehead atoms. The number of piperidine rings is 1. The number of hydrogen-bond donors (Lipinski definition) is 1. The van der Waals surface area contributed by atoms with Crippen molar-refractivity contribution in [3.8, 4) is 11.5 Å². The Labute approximate surface area is 126 Å². The molecule has 7 heteroatoms. The lowest BCUT2D eigenvalue weighted by molar-refractivity contribution is 0.0509. The fourth-order valence-corrected chi connectivity index (χ4v) is 2.63. The van der Waals surface area contributed by atoms with Crippen molar-refractivity contribution in [3.05, 3.63) is 34.9 Å². The highest BCUT2D eigenvalue weighted by molar-refractivity contribution is 7.71. The Kier molecular flexibility index (Phi) is 4.14. The van der Waals surface area contributed by atoms with Gasteiger partial charge in [-0.3, -0.25) is 4.90 Å². The first kappa shape index (κ1) is 14.4. The number of benzene rings is 1. The highest BCUT2D eigenvalue weighted by atomic mass is 32.1. The van der Waals surface area contributed by atoms with E-state index in [9.17, 15) is 9.50 Å². The molecule has 1 aromatic carbocycles. The zero-order valence-corrected chi connectivity index (χ0v) is 12.2. The van der Waals surface area contributed by atoms with Gasteiger partial charge in [-0.2, -0.15) is 0 Å². The topological polar surface area (TPSA) is 54.4 Å². The van der Waals surface area contributed by atoms with Crippen LogP contribution in [0.15, 0.2) is 28.7 Å². The van der Waals surface area contributed by atoms with Crippen molar-refractivity contribution in [1.29, 1.82) is 0 Å². The zero-order valence-electron chi connectivity index (χ0n) is 11.4. The molecule has 1 aliphatic rings. The van der Waals surface area contributed by atoms with Crippen molar-refractivity contribution in [3.63, 3.8) is 0 Å². The third kappa shape index (κ3) is 3.37. The Morgan fingerprint density at radius 1 is 1.38 bits per heavy atom. The van der Waals surface area contributed by atoms with Gasteiger partial charge in [0.1, 0.15) is 5.82 Å². The third-order valence-corrected chi connectivity index (χ3v) is 3.81. The number of halogens is 1. The van der Waals surface area contributed by atoms with Crippen LogP contribution in [0, 0.1) is 10.7 Å². The lowest BCUT2D eigenvalue weighted by Crippen LogP contribution is -2.39. The van der Waals surface area contributed by atoms with Gasteiger partial charge in [-0.05, 0) is 49.3 Å². The predicted molar refractivity (Wildman–Crippen MR) is 77.5 cm³/mol. The Balaban J connectivity index is 1.78. The minimum Gasteiger partial charge on any atom is -0.409 e. The van der Waals surface area contributed by atoms with Crippen molar-refractivity contribution in [2.75, 3.05) is 13.1 Å². The molecule has 0 aliphatic carbocycles. The average Bonchev–Trinajstić information content (AvgIpc) is 2.81. The van der Waals surface area contributed by atoms with E-state index in [1.165, 1.54) is 12.1 Å². The number of likely N-dealkylation sites (tertiary alicyclic amines) is 1. The number of aliphatic hydroxyl groups excluding tert-OH is 1. The van der Waals surface area contributed by atoms with Crippen LogP contribution in [0.4, 0.5) is 4.39 Å². The van der Waals surface area contributed by atoms with E-state index in [2.05, 4.69) is 10.00 Å². The van der Waals surface area contributed by atoms with Crippen LogP contribution in [0.5, 0.6) is 0 Å². The minimum atomic E-state index is -0.306. The normalized spacial score (nSPS) is 19.8. The van der Waals surface area contributed by atoms with Gasteiger partial charge in [-0.25, -0.2) is 9.07 Å². The quantitative estimate of drug-likeness (QED) is 0.883. The first-order valence-corrected chi connectivity index (χ1v) is 7.27. The molecule has 112 valence electrons. The molecule has 1 aromatic heterocycles. The smallest absolute Gasteiger partial charge is 0.288 e. The fourth-order valence-electron chi connectivity index (χ4n) is 2.45. The summed E-state index contributed by atoms with van der Waals surface area (Å²) >= 11 is 5.17. The van der Waals surface area contributed by atoms with Gasteiger partial charge in [0.15, 0.2) is 0 Å². The van der Waals surface area contributed by atoms with Crippen LogP contribution in [0.2, 0.25) is 0 Å². The average molecular weight is 309 g/mol. The predicted octanol–water partition coefficient (Wildman–Crippen LogP) is 2.43. The van der Waals surface area contributed by atoms with E-state index in [0.717, 1.165) is 19.4 Å². The van der Waals surface area contributed by atoms with E-state index in [1.54, 1.807) is 16.8 Å². The van der Waals surface area contributed by atoms with E-state index in [1.807, 2.05) is 0 Å². The summed E-state index contributed by atoms with van der Waals surface area (Å²) in [5.41, 5.74) is 0.680. The highest BCUT2D eigenvalue weighted by Crippen LogP contribution is 2.19. The largest absolute Gasteiger partial charge is 0.409 e. The maximum absolute atomic E-state index is 12.9. The first-order chi connectivity index (χ1) is 10.1.